The normalized spacial score (nSPS) is 29.3. The Balaban J connectivity index is 0.000000196. The van der Waals surface area contributed by atoms with Crippen molar-refractivity contribution in [1.82, 2.24) is 4.90 Å². The van der Waals surface area contributed by atoms with Gasteiger partial charge in [-0.2, -0.15) is 0 Å². The molecule has 3 aromatic rings. The quantitative estimate of drug-likeness (QED) is 0.0434. The third-order valence-electron chi connectivity index (χ3n) is 23.4. The van der Waals surface area contributed by atoms with Gasteiger partial charge < -0.3 is 81.4 Å². The molecule has 564 valence electrons. The van der Waals surface area contributed by atoms with Gasteiger partial charge >= 0.3 is 36.4 Å². The molecule has 0 spiro atoms. The standard InChI is InChI=1S/C27H39NO6.C22H30N2O6.C17H23NO.C10H17ClO5.2ClH/c1-18(24(30)34-26(2,3)4)16-32-25(31)33-17-28(5)13-12-27-11-7-6-8-21(27)23(28)14-19-9-10-20(29)15-22(19)27;1-24(13-30-21(28)29-12-18(23)20(26)27)9-8-22-7-3-2-4-16(22)19(24)10-14-5-6-15(25)11-17(14)22;1-18-9-8-17-7-3-2-4-14(17)16(18)10-12-5-6-13(19)11-15(12)17;1-7(5-14-9(13)15-6-11)8(12)16-10(2,3)4;;/h9-10,15,18,21,23H,6-8,11-14,16-17H2,1-5H3;5-6,11,16,18-19H,2-4,7-10,12-13,23H2,1H3,(H-,25,26,27);5-6,11,14,16,19H,2-4,7-10H2,1H3;7H,5-6H2,1-4H3;2*1H/p+1/t18?,21-,23+,27+,28?;16-,18?,19+,22+,24?;14-,16+,17+;;;/m000.../s1. The van der Waals surface area contributed by atoms with Gasteiger partial charge in [-0.3, -0.25) is 23.3 Å². The van der Waals surface area contributed by atoms with Gasteiger partial charge in [0, 0.05) is 59.8 Å². The lowest BCUT2D eigenvalue weighted by molar-refractivity contribution is -0.959. The van der Waals surface area contributed by atoms with Crippen LogP contribution in [-0.4, -0.2) is 186 Å². The van der Waals surface area contributed by atoms with Crippen LogP contribution in [-0.2, 0) is 87.8 Å². The summed E-state index contributed by atoms with van der Waals surface area (Å²) < 4.78 is 41.8. The Morgan fingerprint density at radius 1 is 0.554 bits per heavy atom. The summed E-state index contributed by atoms with van der Waals surface area (Å²) in [7, 11) is 6.62. The van der Waals surface area contributed by atoms with Crippen LogP contribution in [0.2, 0.25) is 0 Å². The van der Waals surface area contributed by atoms with E-state index in [9.17, 15) is 44.1 Å². The number of ether oxygens (including phenoxy) is 8. The molecule has 6 fully saturated rings. The zero-order valence-corrected chi connectivity index (χ0v) is 63.4. The maximum absolute atomic E-state index is 12.4. The fraction of sp³-hybridized carbons (Fsp3) is 0.684. The van der Waals surface area contributed by atoms with Crippen molar-refractivity contribution in [1.29, 1.82) is 0 Å². The van der Waals surface area contributed by atoms with Crippen LogP contribution >= 0.6 is 24.0 Å². The summed E-state index contributed by atoms with van der Waals surface area (Å²) in [5.74, 6) is -0.183. The highest BCUT2D eigenvalue weighted by Crippen LogP contribution is 2.60. The number of phenolic OH excluding ortho intramolecular Hbond substituents is 3. The maximum Gasteiger partial charge on any atom is 0.512 e. The molecule has 6 N–H and O–H groups in total. The van der Waals surface area contributed by atoms with Gasteiger partial charge in [0.25, 0.3) is 0 Å². The number of halogens is 3. The predicted molar refractivity (Wildman–Crippen MR) is 377 cm³/mol. The molecular formula is C76H112Cl3N4O18+. The molecule has 6 aliphatic carbocycles. The van der Waals surface area contributed by atoms with Crippen LogP contribution in [0.3, 0.4) is 0 Å². The Bertz CT molecular complexity index is 3390. The minimum atomic E-state index is -1.26. The Hall–Kier alpha value is -6.01. The van der Waals surface area contributed by atoms with Crippen LogP contribution in [0.25, 0.3) is 0 Å². The fourth-order valence-corrected chi connectivity index (χ4v) is 18.6. The number of carbonyl (C=O) groups is 6. The number of phenols is 3. The first kappa shape index (κ1) is 82.3. The van der Waals surface area contributed by atoms with Gasteiger partial charge in [0.2, 0.25) is 13.5 Å². The summed E-state index contributed by atoms with van der Waals surface area (Å²) in [5, 5.41) is 39.0. The number of fused-ring (bicyclic) bond motifs is 3. The largest absolute Gasteiger partial charge is 1.00 e. The van der Waals surface area contributed by atoms with Crippen LogP contribution < -0.4 is 18.1 Å². The number of carbonyl (C=O) groups excluding carboxylic acids is 5. The number of esters is 2. The van der Waals surface area contributed by atoms with E-state index in [1.807, 2.05) is 45.0 Å². The van der Waals surface area contributed by atoms with Gasteiger partial charge in [-0.15, -0.1) is 12.4 Å². The molecule has 3 saturated carbocycles. The predicted octanol–water partition coefficient (Wildman–Crippen LogP) is 9.62. The molecule has 9 aliphatic rings. The van der Waals surface area contributed by atoms with Crippen molar-refractivity contribution in [2.45, 2.75) is 223 Å². The first-order valence-corrected chi connectivity index (χ1v) is 36.4. The number of rotatable bonds is 14. The number of hydrogen-bond acceptors (Lipinski definition) is 19. The molecule has 22 nitrogen and oxygen atoms in total. The number of hydrogen-bond donors (Lipinski definition) is 5. The van der Waals surface area contributed by atoms with E-state index in [0.29, 0.717) is 55.5 Å². The van der Waals surface area contributed by atoms with Gasteiger partial charge in [-0.1, -0.05) is 68.3 Å². The van der Waals surface area contributed by atoms with E-state index in [0.717, 1.165) is 70.0 Å². The molecule has 14 atom stereocenters. The molecule has 0 amide bonds. The third-order valence-corrected chi connectivity index (χ3v) is 23.5. The molecule has 0 radical (unpaired) electrons. The van der Waals surface area contributed by atoms with Gasteiger partial charge in [0.05, 0.1) is 51.1 Å². The molecule has 3 saturated heterocycles. The average molecular weight is 1480 g/mol. The van der Waals surface area contributed by atoms with Gasteiger partial charge in [-0.05, 0) is 196 Å². The number of nitrogens with two attached hydrogens (primary N) is 1. The molecular weight excluding hydrogens is 1360 g/mol. The molecule has 6 bridgehead atoms. The highest BCUT2D eigenvalue weighted by molar-refractivity contribution is 6.17. The average Bonchev–Trinajstić information content (AvgIpc) is 0.721. The Kier molecular flexibility index (Phi) is 27.6. The Morgan fingerprint density at radius 3 is 1.31 bits per heavy atom. The topological polar surface area (TPSA) is 286 Å². The van der Waals surface area contributed by atoms with Gasteiger partial charge in [-0.25, -0.2) is 14.4 Å². The van der Waals surface area contributed by atoms with E-state index < -0.39 is 72.1 Å². The number of carboxylic acid groups (broad SMARTS) is 1. The summed E-state index contributed by atoms with van der Waals surface area (Å²) in [6.07, 6.45) is 18.7. The molecule has 5 unspecified atom stereocenters. The van der Waals surface area contributed by atoms with E-state index in [4.69, 9.17) is 50.9 Å². The van der Waals surface area contributed by atoms with E-state index >= 15 is 0 Å². The van der Waals surface area contributed by atoms with Crippen molar-refractivity contribution in [3.05, 3.63) is 88.0 Å². The van der Waals surface area contributed by atoms with E-state index in [1.165, 1.54) is 111 Å². The number of piperidine rings is 3. The third kappa shape index (κ3) is 18.9. The van der Waals surface area contributed by atoms with Crippen molar-refractivity contribution in [2.75, 3.05) is 80.1 Å². The molecule has 25 heteroatoms. The van der Waals surface area contributed by atoms with Gasteiger partial charge in [0.15, 0.2) is 6.07 Å². The first-order chi connectivity index (χ1) is 46.6. The Morgan fingerprint density at radius 2 is 0.921 bits per heavy atom. The van der Waals surface area contributed by atoms with Crippen molar-refractivity contribution in [3.8, 4) is 17.2 Å². The summed E-state index contributed by atoms with van der Waals surface area (Å²) in [4.78, 5) is 72.1. The van der Waals surface area contributed by atoms with Crippen molar-refractivity contribution in [2.24, 2.45) is 35.3 Å². The number of carboxylic acids is 1. The second kappa shape index (κ2) is 33.8. The second-order valence-electron chi connectivity index (χ2n) is 32.3. The van der Waals surface area contributed by atoms with Crippen LogP contribution in [0.1, 0.15) is 185 Å². The SMILES string of the molecule is CC(COC(=O)OCCl)C(=O)OC(C)(C)C.CC(COC(=O)OC[N+]1(C)CC[C@]23CCCC[C@H]2[C@H]1Cc1ccc(O)cc13)C(=O)OC(C)(C)C.CN1CC[C@]23CCCC[C@H]2[C@H]1Cc1ccc(O)cc13.C[N+]1(COC(=O)OCC(N)C(=O)O)CC[C@]23CCCC[C@H]2[C@H]1Cc1ccc(O)cc13.Cl.[Cl-]. The molecule has 101 heavy (non-hydrogen) atoms. The first-order valence-electron chi connectivity index (χ1n) is 35.9. The van der Waals surface area contributed by atoms with E-state index in [-0.39, 0.29) is 68.4 Å². The number of alkyl halides is 1. The lowest BCUT2D eigenvalue weighted by atomic mass is 9.52. The summed E-state index contributed by atoms with van der Waals surface area (Å²) in [6.45, 7) is 16.9. The molecule has 3 aliphatic heterocycles. The highest BCUT2D eigenvalue weighted by atomic mass is 35.5. The minimum Gasteiger partial charge on any atom is -1.00 e. The zero-order valence-electron chi connectivity index (χ0n) is 61.1. The Labute approximate surface area is 613 Å². The maximum atomic E-state index is 12.4. The number of nitrogens with zero attached hydrogens (tertiary/aromatic N) is 3. The van der Waals surface area contributed by atoms with Crippen molar-refractivity contribution < 1.29 is 108 Å². The van der Waals surface area contributed by atoms with Crippen LogP contribution in [0.15, 0.2) is 54.6 Å². The monoisotopic (exact) mass is 1470 g/mol. The van der Waals surface area contributed by atoms with Crippen molar-refractivity contribution in [3.63, 3.8) is 0 Å². The minimum absolute atomic E-state index is 0. The lowest BCUT2D eigenvalue weighted by Crippen LogP contribution is -3.00. The molecule has 3 aromatic carbocycles. The summed E-state index contributed by atoms with van der Waals surface area (Å²) in [5.41, 5.74) is 13.1. The molecule has 0 aromatic heterocycles. The number of likely N-dealkylation sites (N-methyl/N-ethyl adjacent to an activating group) is 3. The van der Waals surface area contributed by atoms with Crippen LogP contribution in [0.4, 0.5) is 14.4 Å². The van der Waals surface area contributed by atoms with Crippen LogP contribution in [0.5, 0.6) is 17.2 Å². The number of likely N-dealkylation sites (tertiary alicyclic amines) is 3. The zero-order chi connectivity index (χ0) is 72.0. The summed E-state index contributed by atoms with van der Waals surface area (Å²) >= 11 is 5.15. The second-order valence-corrected chi connectivity index (χ2v) is 32.5. The number of aromatic hydroxyl groups is 3. The van der Waals surface area contributed by atoms with Crippen molar-refractivity contribution >= 4 is 60.4 Å². The smallest absolute Gasteiger partial charge is 0.512 e. The fourth-order valence-electron chi connectivity index (χ4n) is 18.5. The number of quaternary nitrogens is 2. The van der Waals surface area contributed by atoms with Crippen LogP contribution in [0, 0.1) is 29.6 Å². The number of aliphatic carboxylic acids is 1. The van der Waals surface area contributed by atoms with Gasteiger partial charge in [0.1, 0.15) is 54.3 Å². The highest BCUT2D eigenvalue weighted by Gasteiger charge is 2.61. The van der Waals surface area contributed by atoms with E-state index in [2.05, 4.69) is 53.7 Å². The molecule has 12 rings (SSSR count). The molecule has 3 heterocycles. The lowest BCUT2D eigenvalue weighted by Gasteiger charge is -2.60. The van der Waals surface area contributed by atoms with E-state index in [1.54, 1.807) is 46.8 Å². The number of benzene rings is 3. The summed E-state index contributed by atoms with van der Waals surface area (Å²) in [6, 6.07) is 17.6.